The van der Waals surface area contributed by atoms with Gasteiger partial charge in [-0.15, -0.1) is 6.58 Å². The molecule has 43 heavy (non-hydrogen) atoms. The molecule has 3 saturated heterocycles. The number of aldehydes is 1. The topological polar surface area (TPSA) is 93.6 Å². The van der Waals surface area contributed by atoms with E-state index in [1.54, 1.807) is 36.5 Å². The Hall–Kier alpha value is -3.85. The molecule has 4 heterocycles. The molecule has 8 heteroatoms. The molecule has 2 bridgehead atoms. The molecule has 0 aliphatic carbocycles. The molecule has 222 valence electrons. The number of fused-ring (bicyclic) bond motifs is 4. The van der Waals surface area contributed by atoms with Crippen LogP contribution < -0.4 is 0 Å². The van der Waals surface area contributed by atoms with Crippen LogP contribution in [0.3, 0.4) is 0 Å². The van der Waals surface area contributed by atoms with Gasteiger partial charge in [0, 0.05) is 35.9 Å². The smallest absolute Gasteiger partial charge is 0.297 e. The largest absolute Gasteiger partial charge is 0.507 e. The lowest BCUT2D eigenvalue weighted by atomic mass is 9.71. The third-order valence-corrected chi connectivity index (χ3v) is 10.8. The van der Waals surface area contributed by atoms with E-state index in [1.807, 2.05) is 56.3 Å². The highest BCUT2D eigenvalue weighted by atomic mass is 32.2. The molecule has 4 aromatic rings. The number of phenols is 1. The summed E-state index contributed by atoms with van der Waals surface area (Å²) in [7, 11) is -4.15. The molecule has 3 aromatic carbocycles. The van der Waals surface area contributed by atoms with Crippen molar-refractivity contribution in [2.45, 2.75) is 50.3 Å². The van der Waals surface area contributed by atoms with Crippen LogP contribution in [-0.4, -0.2) is 48.4 Å². The molecule has 0 amide bonds. The maximum atomic E-state index is 13.9. The number of hydrogen-bond acceptors (Lipinski definition) is 6. The number of quaternary nitrogens is 1. The van der Waals surface area contributed by atoms with Crippen molar-refractivity contribution in [3.05, 3.63) is 113 Å². The van der Waals surface area contributed by atoms with Gasteiger partial charge in [-0.1, -0.05) is 42.0 Å². The summed E-state index contributed by atoms with van der Waals surface area (Å²) in [5.41, 5.74) is 4.31. The first kappa shape index (κ1) is 29.2. The zero-order valence-corrected chi connectivity index (χ0v) is 25.3. The van der Waals surface area contributed by atoms with Gasteiger partial charge in [0.15, 0.2) is 12.4 Å². The summed E-state index contributed by atoms with van der Waals surface area (Å²) in [6.07, 6.45) is 5.28. The highest BCUT2D eigenvalue weighted by Gasteiger charge is 2.55. The van der Waals surface area contributed by atoms with Crippen molar-refractivity contribution in [3.63, 3.8) is 0 Å². The maximum Gasteiger partial charge on any atom is 0.297 e. The van der Waals surface area contributed by atoms with Crippen molar-refractivity contribution in [2.24, 2.45) is 11.8 Å². The van der Waals surface area contributed by atoms with E-state index in [1.165, 1.54) is 0 Å². The van der Waals surface area contributed by atoms with E-state index in [4.69, 9.17) is 4.18 Å². The number of aryl methyl sites for hydroxylation is 2. The van der Waals surface area contributed by atoms with Crippen LogP contribution in [0.5, 0.6) is 5.75 Å². The summed E-state index contributed by atoms with van der Waals surface area (Å²) in [6, 6.07) is 19.7. The SMILES string of the molecule is C=C[C@H]1C[N@+]2(Cc3cc(C)cc(C=O)c3O)CC[C@H]1C[C@H]2[C@H](OS(=O)(=O)c1ccc(C)cc1)c1ccnc2ccccc12. The van der Waals surface area contributed by atoms with Crippen molar-refractivity contribution in [1.82, 2.24) is 4.98 Å². The molecule has 1 aromatic heterocycles. The van der Waals surface area contributed by atoms with E-state index in [9.17, 15) is 18.3 Å². The minimum Gasteiger partial charge on any atom is -0.507 e. The van der Waals surface area contributed by atoms with Gasteiger partial charge in [0.05, 0.1) is 29.1 Å². The van der Waals surface area contributed by atoms with E-state index < -0.39 is 16.2 Å². The molecular formula is C35H37N2O5S+. The minimum atomic E-state index is -4.15. The number of phenolic OH excluding ortho intramolecular Hbond substituents is 1. The van der Waals surface area contributed by atoms with Crippen molar-refractivity contribution in [3.8, 4) is 5.75 Å². The van der Waals surface area contributed by atoms with Gasteiger partial charge in [0.25, 0.3) is 10.1 Å². The third kappa shape index (κ3) is 5.39. The summed E-state index contributed by atoms with van der Waals surface area (Å²) in [5, 5.41) is 12.0. The van der Waals surface area contributed by atoms with E-state index in [-0.39, 0.29) is 28.2 Å². The van der Waals surface area contributed by atoms with Crippen LogP contribution in [0.2, 0.25) is 0 Å². The molecule has 7 nitrogen and oxygen atoms in total. The highest BCUT2D eigenvalue weighted by Crippen LogP contribution is 2.50. The average molecular weight is 598 g/mol. The van der Waals surface area contributed by atoms with Gasteiger partial charge < -0.3 is 9.59 Å². The second kappa shape index (κ2) is 11.3. The second-order valence-electron chi connectivity index (χ2n) is 12.2. The van der Waals surface area contributed by atoms with Crippen LogP contribution in [0.15, 0.2) is 90.5 Å². The van der Waals surface area contributed by atoms with Gasteiger partial charge in [-0.2, -0.15) is 8.42 Å². The summed E-state index contributed by atoms with van der Waals surface area (Å²) >= 11 is 0. The number of hydrogen-bond donors (Lipinski definition) is 1. The summed E-state index contributed by atoms with van der Waals surface area (Å²) in [4.78, 5) is 16.5. The molecule has 0 saturated carbocycles. The Morgan fingerprint density at radius 2 is 1.86 bits per heavy atom. The molecule has 3 aliphatic rings. The van der Waals surface area contributed by atoms with Gasteiger partial charge >= 0.3 is 0 Å². The summed E-state index contributed by atoms with van der Waals surface area (Å²) in [6.45, 7) is 9.91. The van der Waals surface area contributed by atoms with E-state index in [2.05, 4.69) is 11.6 Å². The molecule has 0 spiro atoms. The molecule has 5 atom stereocenters. The fourth-order valence-corrected chi connectivity index (χ4v) is 8.47. The predicted molar refractivity (Wildman–Crippen MR) is 166 cm³/mol. The van der Waals surface area contributed by atoms with Crippen LogP contribution >= 0.6 is 0 Å². The van der Waals surface area contributed by atoms with Gasteiger partial charge in [-0.3, -0.25) is 14.0 Å². The first-order chi connectivity index (χ1) is 20.6. The zero-order valence-electron chi connectivity index (χ0n) is 24.5. The van der Waals surface area contributed by atoms with Gasteiger partial charge in [-0.05, 0) is 67.3 Å². The second-order valence-corrected chi connectivity index (χ2v) is 13.8. The summed E-state index contributed by atoms with van der Waals surface area (Å²) in [5.74, 6) is 0.556. The van der Waals surface area contributed by atoms with Gasteiger partial charge in [0.1, 0.15) is 18.3 Å². The monoisotopic (exact) mass is 597 g/mol. The lowest BCUT2D eigenvalue weighted by Gasteiger charge is -2.58. The van der Waals surface area contributed by atoms with E-state index >= 15 is 0 Å². The quantitative estimate of drug-likeness (QED) is 0.103. The Labute approximate surface area is 253 Å². The molecule has 1 N–H and O–H groups in total. The van der Waals surface area contributed by atoms with Crippen molar-refractivity contribution >= 4 is 27.3 Å². The average Bonchev–Trinajstić information content (AvgIpc) is 3.01. The van der Waals surface area contributed by atoms with Crippen LogP contribution in [0.1, 0.15) is 51.6 Å². The lowest BCUT2D eigenvalue weighted by molar-refractivity contribution is -0.984. The number of para-hydroxylation sites is 1. The maximum absolute atomic E-state index is 13.9. The normalized spacial score (nSPS) is 24.1. The van der Waals surface area contributed by atoms with Crippen LogP contribution in [0, 0.1) is 25.7 Å². The Morgan fingerprint density at radius 3 is 2.60 bits per heavy atom. The fraction of sp³-hybridized carbons (Fsp3) is 0.314. The number of aromatic nitrogens is 1. The molecule has 0 radical (unpaired) electrons. The lowest BCUT2D eigenvalue weighted by Crippen LogP contribution is -2.67. The molecule has 7 rings (SSSR count). The molecular weight excluding hydrogens is 560 g/mol. The first-order valence-electron chi connectivity index (χ1n) is 14.7. The van der Waals surface area contributed by atoms with Crippen molar-refractivity contribution in [2.75, 3.05) is 13.1 Å². The molecule has 3 aliphatic heterocycles. The number of carbonyl (C=O) groups excluding carboxylic acids is 1. The van der Waals surface area contributed by atoms with Gasteiger partial charge in [0.2, 0.25) is 0 Å². The van der Waals surface area contributed by atoms with E-state index in [0.717, 1.165) is 53.5 Å². The minimum absolute atomic E-state index is 0.0196. The van der Waals surface area contributed by atoms with Crippen molar-refractivity contribution < 1.29 is 27.0 Å². The number of aromatic hydroxyl groups is 1. The predicted octanol–water partition coefficient (Wildman–Crippen LogP) is 6.43. The summed E-state index contributed by atoms with van der Waals surface area (Å²) < 4.78 is 34.7. The van der Waals surface area contributed by atoms with Crippen molar-refractivity contribution in [1.29, 1.82) is 0 Å². The number of pyridine rings is 1. The van der Waals surface area contributed by atoms with Crippen LogP contribution in [-0.2, 0) is 20.8 Å². The Balaban J connectivity index is 1.52. The number of piperidine rings is 3. The highest BCUT2D eigenvalue weighted by molar-refractivity contribution is 7.86. The number of nitrogens with zero attached hydrogens (tertiary/aromatic N) is 2. The Bertz CT molecular complexity index is 1800. The van der Waals surface area contributed by atoms with Crippen LogP contribution in [0.25, 0.3) is 10.9 Å². The fourth-order valence-electron chi connectivity index (χ4n) is 7.38. The number of carbonyl (C=O) groups is 1. The molecule has 0 unspecified atom stereocenters. The first-order valence-corrected chi connectivity index (χ1v) is 16.1. The molecule has 3 fully saturated rings. The standard InChI is InChI=1S/C35H36N2O5S/c1-4-25-20-37(21-27-17-24(3)18-28(22-38)34(27)39)16-14-26(25)19-33(37)35(31-13-15-36-32-8-6-5-7-30(31)32)42-43(40,41)29-11-9-23(2)10-12-29/h4-13,15,17-18,22,25-26,33,35H,1,14,16,19-21H2,2-3H3/p+1/t25-,26-,33-,35+,37-/m0/s1. The number of benzene rings is 3. The Morgan fingerprint density at radius 1 is 1.09 bits per heavy atom. The zero-order chi connectivity index (χ0) is 30.4. The number of rotatable bonds is 9. The van der Waals surface area contributed by atoms with Gasteiger partial charge in [-0.25, -0.2) is 0 Å². The third-order valence-electron chi connectivity index (χ3n) is 9.53. The van der Waals surface area contributed by atoms with E-state index in [0.29, 0.717) is 28.8 Å². The Kier molecular flexibility index (Phi) is 7.71. The van der Waals surface area contributed by atoms with Crippen LogP contribution in [0.4, 0.5) is 0 Å².